The average molecular weight is 336 g/mol. The zero-order valence-electron chi connectivity index (χ0n) is 13.4. The van der Waals surface area contributed by atoms with Crippen molar-refractivity contribution in [2.24, 2.45) is 0 Å². The van der Waals surface area contributed by atoms with Crippen molar-refractivity contribution in [3.05, 3.63) is 35.4 Å². The molecule has 0 radical (unpaired) electrons. The van der Waals surface area contributed by atoms with Crippen LogP contribution in [0.2, 0.25) is 0 Å². The summed E-state index contributed by atoms with van der Waals surface area (Å²) in [6.07, 6.45) is 5.14. The van der Waals surface area contributed by atoms with Crippen LogP contribution >= 0.6 is 0 Å². The smallest absolute Gasteiger partial charge is 0.253 e. The predicted octanol–water partition coefficient (Wildman–Crippen LogP) is 2.24. The normalized spacial score (nSPS) is 19.9. The minimum Gasteiger partial charge on any atom is -0.339 e. The average Bonchev–Trinajstić information content (AvgIpc) is 3.10. The lowest BCUT2D eigenvalue weighted by atomic mass is 10.1. The molecule has 0 spiro atoms. The molecule has 2 aliphatic heterocycles. The van der Waals surface area contributed by atoms with Gasteiger partial charge in [0.1, 0.15) is 0 Å². The SMILES string of the molecule is O=C(c1ccc(CS(=O)(=O)N2CCCCC2)cc1)N1CCCC1. The van der Waals surface area contributed by atoms with Crippen molar-refractivity contribution in [1.82, 2.24) is 9.21 Å². The molecule has 0 N–H and O–H groups in total. The van der Waals surface area contributed by atoms with Crippen molar-refractivity contribution in [1.29, 1.82) is 0 Å². The third kappa shape index (κ3) is 3.93. The zero-order chi connectivity index (χ0) is 16.3. The molecule has 3 rings (SSSR count). The van der Waals surface area contributed by atoms with E-state index in [2.05, 4.69) is 0 Å². The highest BCUT2D eigenvalue weighted by Gasteiger charge is 2.24. The van der Waals surface area contributed by atoms with Crippen LogP contribution < -0.4 is 0 Å². The summed E-state index contributed by atoms with van der Waals surface area (Å²) >= 11 is 0. The fourth-order valence-corrected chi connectivity index (χ4v) is 4.90. The predicted molar refractivity (Wildman–Crippen MR) is 89.6 cm³/mol. The van der Waals surface area contributed by atoms with Crippen molar-refractivity contribution in [3.8, 4) is 0 Å². The molecule has 1 aromatic rings. The van der Waals surface area contributed by atoms with Gasteiger partial charge in [-0.05, 0) is 43.4 Å². The van der Waals surface area contributed by atoms with Gasteiger partial charge in [0, 0.05) is 31.7 Å². The highest BCUT2D eigenvalue weighted by Crippen LogP contribution is 2.18. The minimum atomic E-state index is -3.25. The van der Waals surface area contributed by atoms with Crippen LogP contribution in [0, 0.1) is 0 Å². The number of benzene rings is 1. The fourth-order valence-electron chi connectivity index (χ4n) is 3.29. The molecule has 1 aromatic carbocycles. The minimum absolute atomic E-state index is 0.0190. The van der Waals surface area contributed by atoms with Crippen LogP contribution in [-0.4, -0.2) is 49.7 Å². The molecule has 6 heteroatoms. The largest absolute Gasteiger partial charge is 0.339 e. The maximum Gasteiger partial charge on any atom is 0.253 e. The number of rotatable bonds is 4. The second-order valence-corrected chi connectivity index (χ2v) is 8.38. The van der Waals surface area contributed by atoms with Gasteiger partial charge in [-0.25, -0.2) is 12.7 Å². The number of amides is 1. The van der Waals surface area contributed by atoms with Crippen molar-refractivity contribution >= 4 is 15.9 Å². The summed E-state index contributed by atoms with van der Waals surface area (Å²) in [5.74, 6) is 0.0680. The van der Waals surface area contributed by atoms with E-state index in [1.165, 1.54) is 0 Å². The Hall–Kier alpha value is -1.40. The van der Waals surface area contributed by atoms with Crippen LogP contribution in [0.3, 0.4) is 0 Å². The van der Waals surface area contributed by atoms with Crippen LogP contribution in [0.15, 0.2) is 24.3 Å². The summed E-state index contributed by atoms with van der Waals surface area (Å²) < 4.78 is 26.5. The molecule has 0 unspecified atom stereocenters. The maximum absolute atomic E-state index is 12.4. The van der Waals surface area contributed by atoms with Gasteiger partial charge >= 0.3 is 0 Å². The van der Waals surface area contributed by atoms with Crippen molar-refractivity contribution < 1.29 is 13.2 Å². The van der Waals surface area contributed by atoms with Gasteiger partial charge in [-0.15, -0.1) is 0 Å². The lowest BCUT2D eigenvalue weighted by Gasteiger charge is -2.25. The Labute approximate surface area is 138 Å². The molecule has 0 atom stereocenters. The third-order valence-corrected chi connectivity index (χ3v) is 6.50. The number of carbonyl (C=O) groups is 1. The van der Waals surface area contributed by atoms with E-state index in [1.54, 1.807) is 28.6 Å². The Morgan fingerprint density at radius 2 is 1.43 bits per heavy atom. The van der Waals surface area contributed by atoms with Crippen LogP contribution in [0.4, 0.5) is 0 Å². The molecule has 126 valence electrons. The Bertz CT molecular complexity index is 643. The van der Waals surface area contributed by atoms with Gasteiger partial charge in [0.2, 0.25) is 10.0 Å². The second-order valence-electron chi connectivity index (χ2n) is 6.41. The summed E-state index contributed by atoms with van der Waals surface area (Å²) in [5.41, 5.74) is 1.39. The van der Waals surface area contributed by atoms with Crippen molar-refractivity contribution in [2.45, 2.75) is 37.9 Å². The molecule has 0 aliphatic carbocycles. The van der Waals surface area contributed by atoms with Gasteiger partial charge in [-0.3, -0.25) is 4.79 Å². The highest BCUT2D eigenvalue weighted by atomic mass is 32.2. The van der Waals surface area contributed by atoms with E-state index in [0.29, 0.717) is 18.7 Å². The van der Waals surface area contributed by atoms with E-state index in [1.807, 2.05) is 4.90 Å². The first-order valence-corrected chi connectivity index (χ1v) is 10.0. The number of likely N-dealkylation sites (tertiary alicyclic amines) is 1. The standard InChI is InChI=1S/C17H24N2O3S/c20-17(18-10-4-5-11-18)16-8-6-15(7-9-16)14-23(21,22)19-12-2-1-3-13-19/h6-9H,1-5,10-14H2. The number of hydrogen-bond donors (Lipinski definition) is 0. The van der Waals surface area contributed by atoms with E-state index in [9.17, 15) is 13.2 Å². The molecule has 2 aliphatic rings. The van der Waals surface area contributed by atoms with E-state index in [-0.39, 0.29) is 11.7 Å². The molecular formula is C17H24N2O3S. The summed E-state index contributed by atoms with van der Waals surface area (Å²) in [4.78, 5) is 14.2. The number of hydrogen-bond acceptors (Lipinski definition) is 3. The molecule has 0 aromatic heterocycles. The number of sulfonamides is 1. The first-order chi connectivity index (χ1) is 11.1. The monoisotopic (exact) mass is 336 g/mol. The highest BCUT2D eigenvalue weighted by molar-refractivity contribution is 7.88. The van der Waals surface area contributed by atoms with E-state index < -0.39 is 10.0 Å². The van der Waals surface area contributed by atoms with Gasteiger partial charge < -0.3 is 4.90 Å². The molecule has 5 nitrogen and oxygen atoms in total. The Balaban J connectivity index is 1.66. The van der Waals surface area contributed by atoms with Gasteiger partial charge in [0.15, 0.2) is 0 Å². The molecule has 2 saturated heterocycles. The second kappa shape index (κ2) is 7.01. The lowest BCUT2D eigenvalue weighted by molar-refractivity contribution is 0.0793. The summed E-state index contributed by atoms with van der Waals surface area (Å²) in [7, 11) is -3.25. The van der Waals surface area contributed by atoms with Crippen LogP contribution in [-0.2, 0) is 15.8 Å². The quantitative estimate of drug-likeness (QED) is 0.847. The number of piperidine rings is 1. The van der Waals surface area contributed by atoms with Crippen molar-refractivity contribution in [2.75, 3.05) is 26.2 Å². The topological polar surface area (TPSA) is 57.7 Å². The van der Waals surface area contributed by atoms with E-state index in [4.69, 9.17) is 0 Å². The fraction of sp³-hybridized carbons (Fsp3) is 0.588. The van der Waals surface area contributed by atoms with Gasteiger partial charge in [-0.1, -0.05) is 18.6 Å². The first kappa shape index (κ1) is 16.5. The third-order valence-electron chi connectivity index (χ3n) is 4.65. The maximum atomic E-state index is 12.4. The number of nitrogens with zero attached hydrogens (tertiary/aromatic N) is 2. The van der Waals surface area contributed by atoms with Crippen LogP contribution in [0.5, 0.6) is 0 Å². The molecular weight excluding hydrogens is 312 g/mol. The summed E-state index contributed by atoms with van der Waals surface area (Å²) in [5, 5.41) is 0. The molecule has 2 heterocycles. The van der Waals surface area contributed by atoms with Crippen LogP contribution in [0.1, 0.15) is 48.0 Å². The molecule has 0 bridgehead atoms. The van der Waals surface area contributed by atoms with E-state index in [0.717, 1.165) is 50.8 Å². The Morgan fingerprint density at radius 1 is 0.870 bits per heavy atom. The zero-order valence-corrected chi connectivity index (χ0v) is 14.2. The van der Waals surface area contributed by atoms with Gasteiger partial charge in [0.05, 0.1) is 5.75 Å². The Kier molecular flexibility index (Phi) is 5.02. The van der Waals surface area contributed by atoms with Gasteiger partial charge in [0.25, 0.3) is 5.91 Å². The number of carbonyl (C=O) groups excluding carboxylic acids is 1. The molecule has 1 amide bonds. The van der Waals surface area contributed by atoms with E-state index >= 15 is 0 Å². The molecule has 0 saturated carbocycles. The van der Waals surface area contributed by atoms with Crippen LogP contribution in [0.25, 0.3) is 0 Å². The summed E-state index contributed by atoms with van der Waals surface area (Å²) in [6.45, 7) is 2.91. The molecule has 23 heavy (non-hydrogen) atoms. The Morgan fingerprint density at radius 3 is 2.04 bits per heavy atom. The van der Waals surface area contributed by atoms with Gasteiger partial charge in [-0.2, -0.15) is 0 Å². The first-order valence-electron chi connectivity index (χ1n) is 8.42. The van der Waals surface area contributed by atoms with Crippen molar-refractivity contribution in [3.63, 3.8) is 0 Å². The summed E-state index contributed by atoms with van der Waals surface area (Å²) in [6, 6.07) is 7.04. The lowest BCUT2D eigenvalue weighted by Crippen LogP contribution is -2.36. The molecule has 2 fully saturated rings.